The summed E-state index contributed by atoms with van der Waals surface area (Å²) in [5, 5.41) is 24.6. The lowest BCUT2D eigenvalue weighted by Gasteiger charge is -2.13. The molecule has 0 aliphatic heterocycles. The van der Waals surface area contributed by atoms with Gasteiger partial charge >= 0.3 is 18.1 Å². The van der Waals surface area contributed by atoms with E-state index in [9.17, 15) is 36.4 Å². The first-order valence-electron chi connectivity index (χ1n) is 11.8. The normalized spacial score (nSPS) is 12.1. The van der Waals surface area contributed by atoms with Crippen LogP contribution in [0, 0.1) is 5.21 Å². The Kier molecular flexibility index (Phi) is 10.1. The fourth-order valence-corrected chi connectivity index (χ4v) is 3.85. The van der Waals surface area contributed by atoms with Gasteiger partial charge in [-0.05, 0) is 35.9 Å². The molecule has 0 spiro atoms. The Morgan fingerprint density at radius 3 is 2.33 bits per heavy atom. The Bertz CT molecular complexity index is 1540. The van der Waals surface area contributed by atoms with Gasteiger partial charge in [-0.15, -0.1) is 5.01 Å². The van der Waals surface area contributed by atoms with Crippen molar-refractivity contribution in [2.45, 2.75) is 24.4 Å². The van der Waals surface area contributed by atoms with Gasteiger partial charge in [-0.2, -0.15) is 18.3 Å². The van der Waals surface area contributed by atoms with Crippen molar-refractivity contribution >= 4 is 22.0 Å². The third-order valence-electron chi connectivity index (χ3n) is 5.42. The lowest BCUT2D eigenvalue weighted by Crippen LogP contribution is -2.30. The molecule has 226 valence electrons. The maximum Gasteiger partial charge on any atom is 0.435 e. The maximum absolute atomic E-state index is 13.5. The molecule has 14 nitrogen and oxygen atoms in total. The molecule has 18 heteroatoms. The van der Waals surface area contributed by atoms with Crippen LogP contribution in [0.4, 0.5) is 13.2 Å². The summed E-state index contributed by atoms with van der Waals surface area (Å²) < 4.78 is 74.0. The number of rotatable bonds is 12. The second-order valence-corrected chi connectivity index (χ2v) is 10.1. The number of aromatic nitrogens is 2. The number of primary sulfonamides is 1. The number of hydrogen-bond acceptors (Lipinski definition) is 10. The van der Waals surface area contributed by atoms with Crippen molar-refractivity contribution in [3.8, 4) is 16.9 Å². The van der Waals surface area contributed by atoms with E-state index < -0.39 is 40.6 Å². The van der Waals surface area contributed by atoms with Crippen LogP contribution in [-0.4, -0.2) is 67.1 Å². The number of carbonyl (C=O) groups is 2. The van der Waals surface area contributed by atoms with Crippen LogP contribution < -0.4 is 5.14 Å². The van der Waals surface area contributed by atoms with Crippen molar-refractivity contribution in [1.29, 1.82) is 0 Å². The summed E-state index contributed by atoms with van der Waals surface area (Å²) in [4.78, 5) is 27.2. The maximum atomic E-state index is 13.5. The summed E-state index contributed by atoms with van der Waals surface area (Å²) in [6.07, 6.45) is -4.91. The number of benzene rings is 2. The van der Waals surface area contributed by atoms with Gasteiger partial charge in [0.2, 0.25) is 15.3 Å². The molecule has 2 aromatic carbocycles. The Balaban J connectivity index is 1.65. The number of hydrogen-bond donors (Lipinski definition) is 1. The van der Waals surface area contributed by atoms with Gasteiger partial charge in [-0.3, -0.25) is 9.59 Å². The molecule has 1 heterocycles. The highest BCUT2D eigenvalue weighted by atomic mass is 32.2. The van der Waals surface area contributed by atoms with E-state index in [0.717, 1.165) is 34.8 Å². The molecular weight excluding hydrogens is 589 g/mol. The standard InChI is InChI=1S/C24H25F3N6O8S/c1-16(34)40-15-41-30-33(36)31(2)11-12-39-23(35)13-17-3-5-18(6-4-17)21-14-22(24(25,26)27)29-32(21)19-7-9-20(10-8-19)42(28,37)38/h3-10,14H,11-13,15H2,1-2H3,(H2,28,37,38)/b33-30+. The van der Waals surface area contributed by atoms with Crippen LogP contribution in [0.1, 0.15) is 18.2 Å². The van der Waals surface area contributed by atoms with Crippen LogP contribution in [0.3, 0.4) is 0 Å². The zero-order chi connectivity index (χ0) is 31.1. The van der Waals surface area contributed by atoms with E-state index in [-0.39, 0.29) is 40.8 Å². The SMILES string of the molecule is CC(=O)OCO/N=[N+](/[O-])N(C)CCOC(=O)Cc1ccc(-c2cc(C(F)(F)F)nn2-c2ccc(S(N)(=O)=O)cc2)cc1. The highest BCUT2D eigenvalue weighted by Gasteiger charge is 2.35. The number of carbonyl (C=O) groups excluding carboxylic acids is 2. The quantitative estimate of drug-likeness (QED) is 0.0795. The number of esters is 2. The van der Waals surface area contributed by atoms with E-state index in [0.29, 0.717) is 11.1 Å². The zero-order valence-corrected chi connectivity index (χ0v) is 23.0. The number of likely N-dealkylation sites (N-methyl/N-ethyl adjacent to an activating group) is 1. The summed E-state index contributed by atoms with van der Waals surface area (Å²) in [6.45, 7) is 0.391. The average Bonchev–Trinajstić information content (AvgIpc) is 3.37. The highest BCUT2D eigenvalue weighted by Crippen LogP contribution is 2.33. The van der Waals surface area contributed by atoms with Gasteiger partial charge in [0.05, 0.1) is 34.7 Å². The van der Waals surface area contributed by atoms with Gasteiger partial charge < -0.3 is 19.5 Å². The molecule has 0 saturated carbocycles. The number of sulfonamides is 1. The molecule has 42 heavy (non-hydrogen) atoms. The number of ether oxygens (including phenoxy) is 2. The van der Waals surface area contributed by atoms with Gasteiger partial charge in [-0.25, -0.2) is 18.2 Å². The summed E-state index contributed by atoms with van der Waals surface area (Å²) in [5.74, 6) is -1.24. The molecule has 2 N–H and O–H groups in total. The van der Waals surface area contributed by atoms with E-state index >= 15 is 0 Å². The van der Waals surface area contributed by atoms with Gasteiger partial charge in [0.1, 0.15) is 13.2 Å². The molecule has 3 rings (SSSR count). The fourth-order valence-electron chi connectivity index (χ4n) is 3.33. The summed E-state index contributed by atoms with van der Waals surface area (Å²) in [6, 6.07) is 11.7. The predicted octanol–water partition coefficient (Wildman–Crippen LogP) is 2.55. The molecule has 0 saturated heterocycles. The smallest absolute Gasteiger partial charge is 0.435 e. The molecule has 0 radical (unpaired) electrons. The molecular formula is C24H25F3N6O8S. The Morgan fingerprint density at radius 1 is 1.12 bits per heavy atom. The van der Waals surface area contributed by atoms with Crippen LogP contribution in [0.2, 0.25) is 0 Å². The lowest BCUT2D eigenvalue weighted by molar-refractivity contribution is -0.706. The van der Waals surface area contributed by atoms with E-state index in [1.807, 2.05) is 0 Å². The first-order valence-corrected chi connectivity index (χ1v) is 13.4. The molecule has 0 bridgehead atoms. The molecule has 3 aromatic rings. The van der Waals surface area contributed by atoms with Crippen LogP contribution in [0.15, 0.2) is 64.8 Å². The minimum absolute atomic E-state index is 0.0433. The Hall–Kier alpha value is -4.71. The Labute approximate surface area is 237 Å². The van der Waals surface area contributed by atoms with Crippen molar-refractivity contribution in [3.63, 3.8) is 0 Å². The minimum Gasteiger partial charge on any atom is -0.569 e. The number of hydrazine groups is 1. The minimum atomic E-state index is -4.74. The fraction of sp³-hybridized carbons (Fsp3) is 0.292. The predicted molar refractivity (Wildman–Crippen MR) is 136 cm³/mol. The van der Waals surface area contributed by atoms with Gasteiger partial charge in [-0.1, -0.05) is 24.3 Å². The van der Waals surface area contributed by atoms with E-state index in [4.69, 9.17) is 9.88 Å². The molecule has 0 amide bonds. The summed E-state index contributed by atoms with van der Waals surface area (Å²) >= 11 is 0. The van der Waals surface area contributed by atoms with Crippen molar-refractivity contribution in [1.82, 2.24) is 14.8 Å². The number of nitrogens with zero attached hydrogens (tertiary/aromatic N) is 5. The number of nitrogens with two attached hydrogens (primary N) is 1. The van der Waals surface area contributed by atoms with E-state index in [2.05, 4.69) is 20.0 Å². The molecule has 0 atom stereocenters. The van der Waals surface area contributed by atoms with Crippen molar-refractivity contribution < 1.29 is 50.5 Å². The zero-order valence-electron chi connectivity index (χ0n) is 22.1. The van der Waals surface area contributed by atoms with Crippen molar-refractivity contribution in [3.05, 3.63) is 71.1 Å². The third-order valence-corrected chi connectivity index (χ3v) is 6.35. The van der Waals surface area contributed by atoms with Gasteiger partial charge in [0, 0.05) is 12.5 Å². The topological polar surface area (TPSA) is 181 Å². The average molecular weight is 615 g/mol. The van der Waals surface area contributed by atoms with Crippen molar-refractivity contribution in [2.24, 2.45) is 10.4 Å². The Morgan fingerprint density at radius 2 is 1.76 bits per heavy atom. The highest BCUT2D eigenvalue weighted by molar-refractivity contribution is 7.89. The monoisotopic (exact) mass is 614 g/mol. The number of halogens is 3. The largest absolute Gasteiger partial charge is 0.569 e. The first kappa shape index (κ1) is 31.8. The van der Waals surface area contributed by atoms with Crippen LogP contribution in [0.25, 0.3) is 16.9 Å². The first-order chi connectivity index (χ1) is 19.6. The van der Waals surface area contributed by atoms with E-state index in [1.54, 1.807) is 0 Å². The second kappa shape index (κ2) is 13.3. The van der Waals surface area contributed by atoms with Crippen LogP contribution in [-0.2, 0) is 46.5 Å². The van der Waals surface area contributed by atoms with Crippen molar-refractivity contribution in [2.75, 3.05) is 27.0 Å². The molecule has 0 fully saturated rings. The van der Waals surface area contributed by atoms with Crippen LogP contribution >= 0.6 is 0 Å². The number of alkyl halides is 3. The van der Waals surface area contributed by atoms with Crippen LogP contribution in [0.5, 0.6) is 0 Å². The lowest BCUT2D eigenvalue weighted by atomic mass is 10.1. The molecule has 0 aliphatic carbocycles. The van der Waals surface area contributed by atoms with Gasteiger partial charge in [0.15, 0.2) is 5.69 Å². The molecule has 0 unspecified atom stereocenters. The summed E-state index contributed by atoms with van der Waals surface area (Å²) in [7, 11) is -2.66. The molecule has 0 aliphatic rings. The third kappa shape index (κ3) is 8.90. The van der Waals surface area contributed by atoms with E-state index in [1.165, 1.54) is 43.4 Å². The van der Waals surface area contributed by atoms with Gasteiger partial charge in [0.25, 0.3) is 6.79 Å². The molecule has 1 aromatic heterocycles. The second-order valence-electron chi connectivity index (χ2n) is 8.56. The summed E-state index contributed by atoms with van der Waals surface area (Å²) in [5.41, 5.74) is -0.109.